The Morgan fingerprint density at radius 2 is 1.95 bits per heavy atom. The van der Waals surface area contributed by atoms with Gasteiger partial charge >= 0.3 is 0 Å². The minimum absolute atomic E-state index is 0.346. The molecule has 0 atom stereocenters. The van der Waals surface area contributed by atoms with E-state index < -0.39 is 5.24 Å². The number of rotatable bonds is 4. The van der Waals surface area contributed by atoms with Gasteiger partial charge in [-0.05, 0) is 36.4 Å². The lowest BCUT2D eigenvalue weighted by Gasteiger charge is -2.05. The third-order valence-corrected chi connectivity index (χ3v) is 3.12. The Bertz CT molecular complexity index is 585. The molecule has 1 aromatic carbocycles. The summed E-state index contributed by atoms with van der Waals surface area (Å²) in [6, 6.07) is 7.97. The monoisotopic (exact) mass is 277 g/mol. The van der Waals surface area contributed by atoms with Crippen molar-refractivity contribution in [3.8, 4) is 11.3 Å². The van der Waals surface area contributed by atoms with Crippen molar-refractivity contribution in [3.05, 3.63) is 41.2 Å². The lowest BCUT2D eigenvalue weighted by molar-refractivity contribution is 0.108. The Labute approximate surface area is 117 Å². The van der Waals surface area contributed by atoms with Crippen molar-refractivity contribution < 1.29 is 9.32 Å². The highest BCUT2D eigenvalue weighted by atomic mass is 35.5. The van der Waals surface area contributed by atoms with E-state index in [1.54, 1.807) is 6.92 Å². The highest BCUT2D eigenvalue weighted by molar-refractivity contribution is 6.68. The van der Waals surface area contributed by atoms with Crippen LogP contribution in [0.25, 0.3) is 11.3 Å². The van der Waals surface area contributed by atoms with Gasteiger partial charge in [-0.1, -0.05) is 43.3 Å². The Morgan fingerprint density at radius 1 is 1.32 bits per heavy atom. The molecule has 3 nitrogen and oxygen atoms in total. The van der Waals surface area contributed by atoms with E-state index in [2.05, 4.69) is 19.0 Å². The summed E-state index contributed by atoms with van der Waals surface area (Å²) in [4.78, 5) is 11.4. The zero-order valence-corrected chi connectivity index (χ0v) is 12.0. The van der Waals surface area contributed by atoms with Crippen LogP contribution in [0.3, 0.4) is 0 Å². The summed E-state index contributed by atoms with van der Waals surface area (Å²) in [5, 5.41) is 3.38. The van der Waals surface area contributed by atoms with Crippen LogP contribution in [0.5, 0.6) is 0 Å². The van der Waals surface area contributed by atoms with Crippen LogP contribution in [0.1, 0.15) is 35.5 Å². The normalized spacial score (nSPS) is 11.0. The third kappa shape index (κ3) is 3.04. The second kappa shape index (κ2) is 5.57. The summed E-state index contributed by atoms with van der Waals surface area (Å²) in [5.41, 5.74) is 2.96. The molecule has 4 heteroatoms. The van der Waals surface area contributed by atoms with Crippen molar-refractivity contribution in [2.75, 3.05) is 0 Å². The zero-order chi connectivity index (χ0) is 14.0. The second-order valence-electron chi connectivity index (χ2n) is 5.03. The van der Waals surface area contributed by atoms with Gasteiger partial charge in [-0.2, -0.15) is 0 Å². The highest BCUT2D eigenvalue weighted by Crippen LogP contribution is 2.27. The molecular weight excluding hydrogens is 262 g/mol. The summed E-state index contributed by atoms with van der Waals surface area (Å²) in [6.45, 7) is 6.04. The van der Waals surface area contributed by atoms with Crippen LogP contribution in [0, 0.1) is 12.8 Å². The minimum atomic E-state index is -0.542. The van der Waals surface area contributed by atoms with Crippen LogP contribution in [-0.2, 0) is 6.42 Å². The van der Waals surface area contributed by atoms with Crippen molar-refractivity contribution in [2.24, 2.45) is 5.92 Å². The molecule has 0 saturated heterocycles. The molecule has 0 amide bonds. The van der Waals surface area contributed by atoms with Crippen LogP contribution < -0.4 is 0 Å². The van der Waals surface area contributed by atoms with Gasteiger partial charge < -0.3 is 4.52 Å². The largest absolute Gasteiger partial charge is 0.360 e. The van der Waals surface area contributed by atoms with E-state index in [1.807, 2.05) is 24.3 Å². The van der Waals surface area contributed by atoms with Gasteiger partial charge in [-0.15, -0.1) is 0 Å². The smallest absolute Gasteiger partial charge is 0.258 e. The Morgan fingerprint density at radius 3 is 2.47 bits per heavy atom. The zero-order valence-electron chi connectivity index (χ0n) is 11.2. The predicted octanol–water partition coefficient (Wildman–Crippen LogP) is 4.23. The number of halogens is 1. The van der Waals surface area contributed by atoms with Crippen LogP contribution in [0.4, 0.5) is 0 Å². The van der Waals surface area contributed by atoms with Gasteiger partial charge in [0.15, 0.2) is 0 Å². The lowest BCUT2D eigenvalue weighted by Crippen LogP contribution is -1.95. The highest BCUT2D eigenvalue weighted by Gasteiger charge is 2.19. The minimum Gasteiger partial charge on any atom is -0.360 e. The van der Waals surface area contributed by atoms with Gasteiger partial charge in [-0.25, -0.2) is 0 Å². The van der Waals surface area contributed by atoms with Gasteiger partial charge in [-0.3, -0.25) is 4.79 Å². The van der Waals surface area contributed by atoms with E-state index >= 15 is 0 Å². The topological polar surface area (TPSA) is 43.1 Å². The summed E-state index contributed by atoms with van der Waals surface area (Å²) in [7, 11) is 0. The van der Waals surface area contributed by atoms with Gasteiger partial charge in [0.2, 0.25) is 0 Å². The van der Waals surface area contributed by atoms with Crippen molar-refractivity contribution in [2.45, 2.75) is 27.2 Å². The molecule has 0 unspecified atom stereocenters. The molecular formula is C15H16ClNO2. The first kappa shape index (κ1) is 13.8. The maximum absolute atomic E-state index is 11.4. The molecule has 1 heterocycles. The molecule has 100 valence electrons. The number of aromatic nitrogens is 1. The molecule has 0 aliphatic rings. The summed E-state index contributed by atoms with van der Waals surface area (Å²) < 4.78 is 5.05. The first-order valence-corrected chi connectivity index (χ1v) is 6.62. The van der Waals surface area contributed by atoms with Crippen molar-refractivity contribution >= 4 is 16.8 Å². The maximum atomic E-state index is 11.4. The molecule has 0 N–H and O–H groups in total. The van der Waals surface area contributed by atoms with E-state index in [-0.39, 0.29) is 0 Å². The van der Waals surface area contributed by atoms with Crippen molar-refractivity contribution in [1.29, 1.82) is 0 Å². The fraction of sp³-hybridized carbons (Fsp3) is 0.333. The average molecular weight is 278 g/mol. The molecule has 0 bridgehead atoms. The molecule has 0 saturated carbocycles. The first-order chi connectivity index (χ1) is 8.99. The van der Waals surface area contributed by atoms with Gasteiger partial charge in [0.05, 0.1) is 0 Å². The van der Waals surface area contributed by atoms with E-state index in [9.17, 15) is 4.79 Å². The van der Waals surface area contributed by atoms with E-state index in [1.165, 1.54) is 5.56 Å². The third-order valence-electron chi connectivity index (χ3n) is 2.93. The SMILES string of the molecule is Cc1onc(-c2ccc(CC(C)C)cc2)c1C(=O)Cl. The Kier molecular flexibility index (Phi) is 4.05. The number of hydrogen-bond acceptors (Lipinski definition) is 3. The fourth-order valence-electron chi connectivity index (χ4n) is 2.07. The molecule has 19 heavy (non-hydrogen) atoms. The number of benzene rings is 1. The first-order valence-electron chi connectivity index (χ1n) is 6.24. The molecule has 0 aliphatic heterocycles. The Balaban J connectivity index is 2.35. The lowest BCUT2D eigenvalue weighted by atomic mass is 10.00. The van der Waals surface area contributed by atoms with E-state index in [4.69, 9.17) is 16.1 Å². The molecule has 2 rings (SSSR count). The number of aryl methyl sites for hydroxylation is 1. The summed E-state index contributed by atoms with van der Waals surface area (Å²) in [5.74, 6) is 1.06. The Hall–Kier alpha value is -1.61. The van der Waals surface area contributed by atoms with Gasteiger partial charge in [0.1, 0.15) is 17.0 Å². The van der Waals surface area contributed by atoms with Crippen LogP contribution in [0.15, 0.2) is 28.8 Å². The molecule has 1 aromatic heterocycles. The molecule has 0 aliphatic carbocycles. The van der Waals surface area contributed by atoms with Crippen LogP contribution >= 0.6 is 11.6 Å². The summed E-state index contributed by atoms with van der Waals surface area (Å²) >= 11 is 5.57. The summed E-state index contributed by atoms with van der Waals surface area (Å²) in [6.07, 6.45) is 1.03. The van der Waals surface area contributed by atoms with E-state index in [0.717, 1.165) is 12.0 Å². The fourth-order valence-corrected chi connectivity index (χ4v) is 2.29. The predicted molar refractivity (Wildman–Crippen MR) is 75.4 cm³/mol. The molecule has 0 fully saturated rings. The number of carbonyl (C=O) groups excluding carboxylic acids is 1. The van der Waals surface area contributed by atoms with Crippen LogP contribution in [-0.4, -0.2) is 10.4 Å². The molecule has 0 spiro atoms. The standard InChI is InChI=1S/C15H16ClNO2/c1-9(2)8-11-4-6-12(7-5-11)14-13(15(16)18)10(3)19-17-14/h4-7,9H,8H2,1-3H3. The molecule has 2 aromatic rings. The number of hydrogen-bond donors (Lipinski definition) is 0. The number of carbonyl (C=O) groups is 1. The number of nitrogens with zero attached hydrogens (tertiary/aromatic N) is 1. The molecule has 0 radical (unpaired) electrons. The second-order valence-corrected chi connectivity index (χ2v) is 5.37. The average Bonchev–Trinajstić information content (AvgIpc) is 2.71. The van der Waals surface area contributed by atoms with Crippen molar-refractivity contribution in [1.82, 2.24) is 5.16 Å². The van der Waals surface area contributed by atoms with Crippen LogP contribution in [0.2, 0.25) is 0 Å². The van der Waals surface area contributed by atoms with Gasteiger partial charge in [0, 0.05) is 5.56 Å². The van der Waals surface area contributed by atoms with Crippen molar-refractivity contribution in [3.63, 3.8) is 0 Å². The van der Waals surface area contributed by atoms with E-state index in [0.29, 0.717) is 22.9 Å². The maximum Gasteiger partial charge on any atom is 0.258 e. The van der Waals surface area contributed by atoms with Gasteiger partial charge in [0.25, 0.3) is 5.24 Å². The quantitative estimate of drug-likeness (QED) is 0.786.